The number of oxazole rings is 1. The summed E-state index contributed by atoms with van der Waals surface area (Å²) in [5, 5.41) is 0.506. The molecule has 2 aromatic rings. The second kappa shape index (κ2) is 5.23. The topological polar surface area (TPSA) is 52.3 Å². The van der Waals surface area contributed by atoms with Crippen LogP contribution in [0, 0.1) is 6.92 Å². The maximum absolute atomic E-state index is 11.2. The molecular weight excluding hydrogens is 254 g/mol. The number of methoxy groups -OCH3 is 1. The van der Waals surface area contributed by atoms with E-state index in [9.17, 15) is 4.79 Å². The smallest absolute Gasteiger partial charge is 0.310 e. The third kappa shape index (κ3) is 2.71. The molecule has 94 valence electrons. The van der Waals surface area contributed by atoms with Crippen molar-refractivity contribution in [3.8, 4) is 11.3 Å². The Labute approximate surface area is 110 Å². The summed E-state index contributed by atoms with van der Waals surface area (Å²) in [5.74, 6) is 0.930. The molecule has 4 nitrogen and oxygen atoms in total. The number of rotatable bonds is 3. The molecule has 0 atom stereocenters. The number of hydrogen-bond donors (Lipinski definition) is 0. The molecule has 0 aliphatic rings. The van der Waals surface area contributed by atoms with E-state index in [0.717, 1.165) is 11.1 Å². The van der Waals surface area contributed by atoms with Gasteiger partial charge in [-0.1, -0.05) is 23.7 Å². The van der Waals surface area contributed by atoms with Crippen molar-refractivity contribution < 1.29 is 13.9 Å². The normalized spacial score (nSPS) is 10.4. The lowest BCUT2D eigenvalue weighted by Gasteiger charge is -2.04. The lowest BCUT2D eigenvalue weighted by Crippen LogP contribution is -2.04. The van der Waals surface area contributed by atoms with Crippen LogP contribution in [0.15, 0.2) is 28.8 Å². The van der Waals surface area contributed by atoms with E-state index in [1.165, 1.54) is 7.11 Å². The van der Waals surface area contributed by atoms with Crippen molar-refractivity contribution >= 4 is 17.6 Å². The molecule has 0 aliphatic carbocycles. The highest BCUT2D eigenvalue weighted by atomic mass is 35.5. The van der Waals surface area contributed by atoms with Gasteiger partial charge in [0.1, 0.15) is 0 Å². The molecule has 0 amide bonds. The van der Waals surface area contributed by atoms with E-state index in [4.69, 9.17) is 16.0 Å². The third-order valence-corrected chi connectivity index (χ3v) is 2.87. The maximum Gasteiger partial charge on any atom is 0.310 e. The minimum absolute atomic E-state index is 0.158. The van der Waals surface area contributed by atoms with Crippen molar-refractivity contribution in [3.63, 3.8) is 0 Å². The van der Waals surface area contributed by atoms with Gasteiger partial charge in [-0.15, -0.1) is 0 Å². The fourth-order valence-corrected chi connectivity index (χ4v) is 1.81. The summed E-state index contributed by atoms with van der Waals surface area (Å²) in [7, 11) is 1.35. The Balaban J connectivity index is 2.27. The van der Waals surface area contributed by atoms with Gasteiger partial charge in [0.25, 0.3) is 0 Å². The van der Waals surface area contributed by atoms with E-state index in [0.29, 0.717) is 16.7 Å². The second-order valence-corrected chi connectivity index (χ2v) is 4.21. The molecule has 5 heteroatoms. The monoisotopic (exact) mass is 265 g/mol. The first-order valence-corrected chi connectivity index (χ1v) is 5.76. The van der Waals surface area contributed by atoms with Crippen LogP contribution in [0.3, 0.4) is 0 Å². The Morgan fingerprint density at radius 1 is 1.50 bits per heavy atom. The van der Waals surface area contributed by atoms with E-state index in [2.05, 4.69) is 9.72 Å². The standard InChI is InChI=1S/C13H12ClNO3/c1-8-15-7-12(18-8)10-4-3-9(11(14)5-10)6-13(16)17-2/h3-5,7H,6H2,1-2H3. The highest BCUT2D eigenvalue weighted by Gasteiger charge is 2.10. The van der Waals surface area contributed by atoms with Gasteiger partial charge < -0.3 is 9.15 Å². The van der Waals surface area contributed by atoms with Crippen molar-refractivity contribution in [1.82, 2.24) is 4.98 Å². The zero-order valence-corrected chi connectivity index (χ0v) is 10.8. The number of aryl methyl sites for hydroxylation is 1. The van der Waals surface area contributed by atoms with Crippen LogP contribution in [0.5, 0.6) is 0 Å². The Hall–Kier alpha value is -1.81. The zero-order chi connectivity index (χ0) is 13.1. The van der Waals surface area contributed by atoms with Crippen LogP contribution in [0.1, 0.15) is 11.5 Å². The van der Waals surface area contributed by atoms with Gasteiger partial charge in [0.2, 0.25) is 0 Å². The van der Waals surface area contributed by atoms with Gasteiger partial charge in [0, 0.05) is 17.5 Å². The number of carbonyl (C=O) groups is 1. The molecule has 0 radical (unpaired) electrons. The highest BCUT2D eigenvalue weighted by Crippen LogP contribution is 2.26. The van der Waals surface area contributed by atoms with Crippen molar-refractivity contribution in [2.45, 2.75) is 13.3 Å². The van der Waals surface area contributed by atoms with E-state index >= 15 is 0 Å². The van der Waals surface area contributed by atoms with Gasteiger partial charge in [-0.05, 0) is 11.6 Å². The van der Waals surface area contributed by atoms with Gasteiger partial charge >= 0.3 is 5.97 Å². The summed E-state index contributed by atoms with van der Waals surface area (Å²) < 4.78 is 10.0. The Morgan fingerprint density at radius 3 is 2.83 bits per heavy atom. The number of aromatic nitrogens is 1. The Bertz CT molecular complexity index is 577. The minimum Gasteiger partial charge on any atom is -0.469 e. The number of carbonyl (C=O) groups excluding carboxylic acids is 1. The van der Waals surface area contributed by atoms with E-state index in [1.54, 1.807) is 25.3 Å². The summed E-state index contributed by atoms with van der Waals surface area (Å²) >= 11 is 6.12. The SMILES string of the molecule is COC(=O)Cc1ccc(-c2cnc(C)o2)cc1Cl. The number of ether oxygens (including phenoxy) is 1. The van der Waals surface area contributed by atoms with Gasteiger partial charge in [-0.25, -0.2) is 4.98 Å². The van der Waals surface area contributed by atoms with Crippen LogP contribution >= 0.6 is 11.6 Å². The first-order chi connectivity index (χ1) is 8.60. The zero-order valence-electron chi connectivity index (χ0n) is 10.1. The summed E-state index contributed by atoms with van der Waals surface area (Å²) in [6.45, 7) is 1.77. The molecule has 0 bridgehead atoms. The lowest BCUT2D eigenvalue weighted by atomic mass is 10.1. The number of esters is 1. The molecule has 0 unspecified atom stereocenters. The largest absolute Gasteiger partial charge is 0.469 e. The predicted octanol–water partition coefficient (Wildman–Crippen LogP) is 3.02. The van der Waals surface area contributed by atoms with Crippen LogP contribution in [0.2, 0.25) is 5.02 Å². The summed E-state index contributed by atoms with van der Waals surface area (Å²) in [6.07, 6.45) is 1.80. The highest BCUT2D eigenvalue weighted by molar-refractivity contribution is 6.31. The molecular formula is C13H12ClNO3. The minimum atomic E-state index is -0.319. The molecule has 0 fully saturated rings. The van der Waals surface area contributed by atoms with Crippen molar-refractivity contribution in [2.24, 2.45) is 0 Å². The van der Waals surface area contributed by atoms with E-state index in [-0.39, 0.29) is 12.4 Å². The molecule has 18 heavy (non-hydrogen) atoms. The van der Waals surface area contributed by atoms with Gasteiger partial charge in [0.15, 0.2) is 11.7 Å². The van der Waals surface area contributed by atoms with Gasteiger partial charge in [-0.2, -0.15) is 0 Å². The van der Waals surface area contributed by atoms with Crippen molar-refractivity contribution in [1.29, 1.82) is 0 Å². The quantitative estimate of drug-likeness (QED) is 0.801. The molecule has 0 saturated heterocycles. The number of benzene rings is 1. The van der Waals surface area contributed by atoms with Crippen LogP contribution in [0.25, 0.3) is 11.3 Å². The fraction of sp³-hybridized carbons (Fsp3) is 0.231. The molecule has 1 aromatic heterocycles. The fourth-order valence-electron chi connectivity index (χ4n) is 1.57. The van der Waals surface area contributed by atoms with Gasteiger partial charge in [0.05, 0.1) is 19.7 Å². The molecule has 0 saturated carbocycles. The molecule has 0 N–H and O–H groups in total. The average Bonchev–Trinajstić information content (AvgIpc) is 2.78. The van der Waals surface area contributed by atoms with Crippen LogP contribution in [-0.2, 0) is 16.0 Å². The molecule has 2 rings (SSSR count). The number of hydrogen-bond acceptors (Lipinski definition) is 4. The molecule has 0 spiro atoms. The van der Waals surface area contributed by atoms with Crippen LogP contribution in [0.4, 0.5) is 0 Å². The maximum atomic E-state index is 11.2. The van der Waals surface area contributed by atoms with E-state index < -0.39 is 0 Å². The summed E-state index contributed by atoms with van der Waals surface area (Å²) in [5.41, 5.74) is 1.55. The lowest BCUT2D eigenvalue weighted by molar-refractivity contribution is -0.139. The predicted molar refractivity (Wildman–Crippen MR) is 67.4 cm³/mol. The number of nitrogens with zero attached hydrogens (tertiary/aromatic N) is 1. The first-order valence-electron chi connectivity index (χ1n) is 5.38. The van der Waals surface area contributed by atoms with E-state index in [1.807, 2.05) is 6.07 Å². The number of halogens is 1. The van der Waals surface area contributed by atoms with Crippen molar-refractivity contribution in [3.05, 3.63) is 40.9 Å². The van der Waals surface area contributed by atoms with Crippen LogP contribution < -0.4 is 0 Å². The first kappa shape index (κ1) is 12.6. The Morgan fingerprint density at radius 2 is 2.28 bits per heavy atom. The van der Waals surface area contributed by atoms with Crippen molar-refractivity contribution in [2.75, 3.05) is 7.11 Å². The summed E-state index contributed by atoms with van der Waals surface area (Å²) in [4.78, 5) is 15.2. The third-order valence-electron chi connectivity index (χ3n) is 2.52. The Kier molecular flexibility index (Phi) is 3.67. The second-order valence-electron chi connectivity index (χ2n) is 3.80. The summed E-state index contributed by atoms with van der Waals surface area (Å²) in [6, 6.07) is 5.37. The van der Waals surface area contributed by atoms with Crippen LogP contribution in [-0.4, -0.2) is 18.1 Å². The van der Waals surface area contributed by atoms with Gasteiger partial charge in [-0.3, -0.25) is 4.79 Å². The molecule has 1 aromatic carbocycles. The molecule has 1 heterocycles. The molecule has 0 aliphatic heterocycles. The average molecular weight is 266 g/mol.